The molecule has 1 heterocycles. The monoisotopic (exact) mass is 347 g/mol. The molecule has 0 saturated carbocycles. The van der Waals surface area contributed by atoms with Gasteiger partial charge in [-0.2, -0.15) is 0 Å². The highest BCUT2D eigenvalue weighted by molar-refractivity contribution is 6.30. The summed E-state index contributed by atoms with van der Waals surface area (Å²) in [4.78, 5) is 12.3. The van der Waals surface area contributed by atoms with Crippen molar-refractivity contribution in [1.82, 2.24) is 5.32 Å². The number of carbonyl (C=O) groups is 1. The lowest BCUT2D eigenvalue weighted by molar-refractivity contribution is -0.117. The quantitative estimate of drug-likeness (QED) is 0.919. The average molecular weight is 348 g/mol. The molecule has 2 aromatic carbocycles. The molecule has 0 spiro atoms. The van der Waals surface area contributed by atoms with E-state index in [1.54, 1.807) is 31.4 Å². The molecular weight excluding hydrogens is 333 g/mol. The molecule has 1 amide bonds. The Kier molecular flexibility index (Phi) is 4.71. The number of hydrogen-bond acceptors (Lipinski definition) is 3. The summed E-state index contributed by atoms with van der Waals surface area (Å²) >= 11 is 5.73. The summed E-state index contributed by atoms with van der Waals surface area (Å²) in [6.07, 6.45) is 1.78. The van der Waals surface area contributed by atoms with Gasteiger partial charge in [0.15, 0.2) is 0 Å². The van der Waals surface area contributed by atoms with Gasteiger partial charge < -0.3 is 14.8 Å². The summed E-state index contributed by atoms with van der Waals surface area (Å²) in [6, 6.07) is 9.76. The van der Waals surface area contributed by atoms with Gasteiger partial charge in [0, 0.05) is 18.2 Å². The molecule has 0 unspecified atom stereocenters. The zero-order chi connectivity index (χ0) is 17.1. The standard InChI is InChI=1S/C18H15ClFNO3/c1-23-14-4-3-12-7-13(10-24-17(12)8-14)18(22)21-9-11-2-5-16(20)15(19)6-11/h2-8H,9-10H2,1H3,(H,21,22). The number of nitrogens with one attached hydrogen (secondary N) is 1. The summed E-state index contributed by atoms with van der Waals surface area (Å²) < 4.78 is 23.9. The summed E-state index contributed by atoms with van der Waals surface area (Å²) in [5.41, 5.74) is 2.05. The summed E-state index contributed by atoms with van der Waals surface area (Å²) in [7, 11) is 1.58. The Balaban J connectivity index is 1.68. The van der Waals surface area contributed by atoms with E-state index in [2.05, 4.69) is 5.32 Å². The molecular formula is C18H15ClFNO3. The van der Waals surface area contributed by atoms with E-state index in [4.69, 9.17) is 21.1 Å². The maximum atomic E-state index is 13.1. The lowest BCUT2D eigenvalue weighted by Gasteiger charge is -2.18. The van der Waals surface area contributed by atoms with Crippen LogP contribution in [0.15, 0.2) is 42.0 Å². The van der Waals surface area contributed by atoms with Gasteiger partial charge in [-0.05, 0) is 35.9 Å². The lowest BCUT2D eigenvalue weighted by Crippen LogP contribution is -2.28. The fourth-order valence-electron chi connectivity index (χ4n) is 2.35. The van der Waals surface area contributed by atoms with E-state index >= 15 is 0 Å². The fourth-order valence-corrected chi connectivity index (χ4v) is 2.55. The molecule has 124 valence electrons. The van der Waals surface area contributed by atoms with Crippen molar-refractivity contribution >= 4 is 23.6 Å². The van der Waals surface area contributed by atoms with Crippen molar-refractivity contribution in [3.05, 3.63) is 63.9 Å². The SMILES string of the molecule is COc1ccc2c(c1)OCC(C(=O)NCc1ccc(F)c(Cl)c1)=C2. The molecule has 0 fully saturated rings. The summed E-state index contributed by atoms with van der Waals surface area (Å²) in [5, 5.41) is 2.81. The molecule has 1 aliphatic rings. The maximum absolute atomic E-state index is 13.1. The highest BCUT2D eigenvalue weighted by Crippen LogP contribution is 2.30. The average Bonchev–Trinajstić information content (AvgIpc) is 2.61. The van der Waals surface area contributed by atoms with Crippen LogP contribution in [0.2, 0.25) is 5.02 Å². The molecule has 1 aliphatic heterocycles. The Hall–Kier alpha value is -2.53. The van der Waals surface area contributed by atoms with E-state index < -0.39 is 5.82 Å². The number of methoxy groups -OCH3 is 1. The van der Waals surface area contributed by atoms with Gasteiger partial charge in [0.2, 0.25) is 0 Å². The van der Waals surface area contributed by atoms with Crippen molar-refractivity contribution in [2.75, 3.05) is 13.7 Å². The minimum Gasteiger partial charge on any atom is -0.497 e. The number of ether oxygens (including phenoxy) is 2. The van der Waals surface area contributed by atoms with Crippen molar-refractivity contribution in [1.29, 1.82) is 0 Å². The number of halogens is 2. The summed E-state index contributed by atoms with van der Waals surface area (Å²) in [6.45, 7) is 0.432. The summed E-state index contributed by atoms with van der Waals surface area (Å²) in [5.74, 6) is 0.651. The second-order valence-electron chi connectivity index (χ2n) is 5.29. The Morgan fingerprint density at radius 2 is 2.17 bits per heavy atom. The van der Waals surface area contributed by atoms with Crippen LogP contribution < -0.4 is 14.8 Å². The van der Waals surface area contributed by atoms with Gasteiger partial charge >= 0.3 is 0 Å². The van der Waals surface area contributed by atoms with E-state index in [0.717, 1.165) is 11.1 Å². The predicted octanol–water partition coefficient (Wildman–Crippen LogP) is 3.58. The first kappa shape index (κ1) is 16.3. The van der Waals surface area contributed by atoms with Gasteiger partial charge in [-0.15, -0.1) is 0 Å². The largest absolute Gasteiger partial charge is 0.497 e. The smallest absolute Gasteiger partial charge is 0.250 e. The molecule has 0 aliphatic carbocycles. The Morgan fingerprint density at radius 1 is 1.33 bits per heavy atom. The van der Waals surface area contributed by atoms with Crippen molar-refractivity contribution in [2.45, 2.75) is 6.54 Å². The third kappa shape index (κ3) is 3.51. The van der Waals surface area contributed by atoms with Gasteiger partial charge in [0.25, 0.3) is 5.91 Å². The maximum Gasteiger partial charge on any atom is 0.250 e. The molecule has 1 N–H and O–H groups in total. The van der Waals surface area contributed by atoms with Crippen LogP contribution in [0.1, 0.15) is 11.1 Å². The van der Waals surface area contributed by atoms with Crippen LogP contribution in [0.3, 0.4) is 0 Å². The Labute approximate surface area is 143 Å². The van der Waals surface area contributed by atoms with Crippen molar-refractivity contribution in [3.63, 3.8) is 0 Å². The molecule has 0 aromatic heterocycles. The number of carbonyl (C=O) groups excluding carboxylic acids is 1. The van der Waals surface area contributed by atoms with Crippen LogP contribution in [0.4, 0.5) is 4.39 Å². The van der Waals surface area contributed by atoms with Crippen molar-refractivity contribution in [2.24, 2.45) is 0 Å². The van der Waals surface area contributed by atoms with E-state index in [1.165, 1.54) is 12.1 Å². The molecule has 0 atom stereocenters. The lowest BCUT2D eigenvalue weighted by atomic mass is 10.1. The number of hydrogen-bond donors (Lipinski definition) is 1. The predicted molar refractivity (Wildman–Crippen MR) is 89.7 cm³/mol. The van der Waals surface area contributed by atoms with Gasteiger partial charge in [-0.25, -0.2) is 4.39 Å². The van der Waals surface area contributed by atoms with Gasteiger partial charge in [0.1, 0.15) is 23.9 Å². The first-order valence-electron chi connectivity index (χ1n) is 7.30. The Bertz CT molecular complexity index is 820. The minimum absolute atomic E-state index is 0.0323. The number of rotatable bonds is 4. The highest BCUT2D eigenvalue weighted by atomic mass is 35.5. The number of benzene rings is 2. The normalized spacial score (nSPS) is 12.7. The number of amides is 1. The first-order chi connectivity index (χ1) is 11.6. The second kappa shape index (κ2) is 6.93. The molecule has 6 heteroatoms. The van der Waals surface area contributed by atoms with E-state index in [9.17, 15) is 9.18 Å². The van der Waals surface area contributed by atoms with E-state index in [-0.39, 0.29) is 24.1 Å². The molecule has 0 radical (unpaired) electrons. The van der Waals surface area contributed by atoms with Crippen LogP contribution in [0, 0.1) is 5.82 Å². The van der Waals surface area contributed by atoms with E-state index in [0.29, 0.717) is 17.1 Å². The molecule has 0 saturated heterocycles. The zero-order valence-electron chi connectivity index (χ0n) is 12.9. The van der Waals surface area contributed by atoms with Crippen molar-refractivity contribution in [3.8, 4) is 11.5 Å². The third-order valence-electron chi connectivity index (χ3n) is 3.66. The molecule has 4 nitrogen and oxygen atoms in total. The molecule has 24 heavy (non-hydrogen) atoms. The van der Waals surface area contributed by atoms with Gasteiger partial charge in [0.05, 0.1) is 17.7 Å². The highest BCUT2D eigenvalue weighted by Gasteiger charge is 2.17. The molecule has 0 bridgehead atoms. The van der Waals surface area contributed by atoms with E-state index in [1.807, 2.05) is 6.07 Å². The Morgan fingerprint density at radius 3 is 2.92 bits per heavy atom. The van der Waals surface area contributed by atoms with Crippen LogP contribution >= 0.6 is 11.6 Å². The van der Waals surface area contributed by atoms with Crippen LogP contribution in [0.25, 0.3) is 6.08 Å². The van der Waals surface area contributed by atoms with Crippen LogP contribution in [-0.2, 0) is 11.3 Å². The number of fused-ring (bicyclic) bond motifs is 1. The van der Waals surface area contributed by atoms with Crippen LogP contribution in [-0.4, -0.2) is 19.6 Å². The molecule has 3 rings (SSSR count). The van der Waals surface area contributed by atoms with Crippen LogP contribution in [0.5, 0.6) is 11.5 Å². The van der Waals surface area contributed by atoms with Gasteiger partial charge in [-0.1, -0.05) is 17.7 Å². The second-order valence-corrected chi connectivity index (χ2v) is 5.70. The molecule has 2 aromatic rings. The first-order valence-corrected chi connectivity index (χ1v) is 7.68. The fraction of sp³-hybridized carbons (Fsp3) is 0.167. The van der Waals surface area contributed by atoms with Gasteiger partial charge in [-0.3, -0.25) is 4.79 Å². The topological polar surface area (TPSA) is 47.6 Å². The third-order valence-corrected chi connectivity index (χ3v) is 3.95. The van der Waals surface area contributed by atoms with Crippen molar-refractivity contribution < 1.29 is 18.7 Å². The minimum atomic E-state index is -0.484. The zero-order valence-corrected chi connectivity index (χ0v) is 13.7.